The van der Waals surface area contributed by atoms with E-state index in [1.165, 1.54) is 0 Å². The van der Waals surface area contributed by atoms with Gasteiger partial charge in [0.2, 0.25) is 0 Å². The van der Waals surface area contributed by atoms with Gasteiger partial charge in [0.15, 0.2) is 0 Å². The fraction of sp³-hybridized carbons (Fsp3) is 0.111. The normalized spacial score (nSPS) is 10.9. The van der Waals surface area contributed by atoms with Crippen molar-refractivity contribution in [3.63, 3.8) is 0 Å². The second kappa shape index (κ2) is 2.68. The van der Waals surface area contributed by atoms with E-state index in [1.807, 2.05) is 29.9 Å². The van der Waals surface area contributed by atoms with E-state index in [-0.39, 0.29) is 0 Å². The zero-order chi connectivity index (χ0) is 8.72. The van der Waals surface area contributed by atoms with Gasteiger partial charge in [-0.3, -0.25) is 0 Å². The number of fused-ring (bicyclic) bond motifs is 1. The molecule has 0 fully saturated rings. The maximum atomic E-state index is 5.98. The number of rotatable bonds is 0. The Morgan fingerprint density at radius 1 is 1.25 bits per heavy atom. The Morgan fingerprint density at radius 2 is 2.00 bits per heavy atom. The second-order valence-corrected chi connectivity index (χ2v) is 3.59. The van der Waals surface area contributed by atoms with Crippen LogP contribution in [0.3, 0.4) is 0 Å². The maximum absolute atomic E-state index is 5.98. The van der Waals surface area contributed by atoms with Crippen molar-refractivity contribution in [1.82, 2.24) is 4.57 Å². The van der Waals surface area contributed by atoms with Gasteiger partial charge in [-0.1, -0.05) is 23.2 Å². The molecule has 0 radical (unpaired) electrons. The summed E-state index contributed by atoms with van der Waals surface area (Å²) in [6.45, 7) is 0. The van der Waals surface area contributed by atoms with Crippen molar-refractivity contribution in [3.05, 3.63) is 34.4 Å². The van der Waals surface area contributed by atoms with E-state index >= 15 is 0 Å². The Labute approximate surface area is 80.5 Å². The maximum Gasteiger partial charge on any atom is 0.0514 e. The molecule has 0 aliphatic carbocycles. The molecule has 0 N–H and O–H groups in total. The molecule has 1 aromatic heterocycles. The summed E-state index contributed by atoms with van der Waals surface area (Å²) in [5, 5.41) is 2.43. The first-order valence-corrected chi connectivity index (χ1v) is 4.34. The van der Waals surface area contributed by atoms with Crippen LogP contribution in [-0.4, -0.2) is 4.57 Å². The molecule has 0 saturated carbocycles. The van der Waals surface area contributed by atoms with Crippen LogP contribution in [0.15, 0.2) is 24.4 Å². The highest BCUT2D eigenvalue weighted by atomic mass is 35.5. The van der Waals surface area contributed by atoms with Crippen LogP contribution in [0.2, 0.25) is 10.0 Å². The first kappa shape index (κ1) is 7.96. The molecule has 12 heavy (non-hydrogen) atoms. The summed E-state index contributed by atoms with van der Waals surface area (Å²) >= 11 is 11.8. The lowest BCUT2D eigenvalue weighted by Crippen LogP contribution is -1.83. The van der Waals surface area contributed by atoms with Crippen molar-refractivity contribution >= 4 is 34.1 Å². The summed E-state index contributed by atoms with van der Waals surface area (Å²) < 4.78 is 1.99. The van der Waals surface area contributed by atoms with Crippen LogP contribution in [-0.2, 0) is 7.05 Å². The molecule has 1 nitrogen and oxygen atoms in total. The van der Waals surface area contributed by atoms with Crippen LogP contribution in [0.1, 0.15) is 0 Å². The molecule has 1 heterocycles. The predicted octanol–water partition coefficient (Wildman–Crippen LogP) is 3.49. The molecular formula is C9H7Cl2N. The monoisotopic (exact) mass is 199 g/mol. The third kappa shape index (κ3) is 1.10. The van der Waals surface area contributed by atoms with Gasteiger partial charge in [-0.05, 0) is 18.2 Å². The lowest BCUT2D eigenvalue weighted by molar-refractivity contribution is 0.969. The minimum atomic E-state index is 0.675. The average molecular weight is 200 g/mol. The third-order valence-electron chi connectivity index (χ3n) is 1.92. The molecule has 0 aliphatic heterocycles. The molecular weight excluding hydrogens is 193 g/mol. The average Bonchev–Trinajstić information content (AvgIpc) is 2.33. The molecule has 0 bridgehead atoms. The Hall–Kier alpha value is -0.660. The molecule has 2 aromatic rings. The van der Waals surface area contributed by atoms with E-state index in [1.54, 1.807) is 6.07 Å². The van der Waals surface area contributed by atoms with Crippen LogP contribution >= 0.6 is 23.2 Å². The zero-order valence-electron chi connectivity index (χ0n) is 6.51. The summed E-state index contributed by atoms with van der Waals surface area (Å²) in [4.78, 5) is 0. The van der Waals surface area contributed by atoms with E-state index in [9.17, 15) is 0 Å². The smallest absolute Gasteiger partial charge is 0.0514 e. The molecule has 0 atom stereocenters. The highest BCUT2D eigenvalue weighted by Gasteiger charge is 2.03. The summed E-state index contributed by atoms with van der Waals surface area (Å²) in [6.07, 6.45) is 1.97. The standard InChI is InChI=1S/C9H7Cl2N/c1-12-3-2-7-8(11)4-6(10)5-9(7)12/h2-5H,1H3. The predicted molar refractivity (Wildman–Crippen MR) is 52.9 cm³/mol. The van der Waals surface area contributed by atoms with Crippen molar-refractivity contribution < 1.29 is 0 Å². The molecule has 3 heteroatoms. The van der Waals surface area contributed by atoms with Crippen LogP contribution < -0.4 is 0 Å². The third-order valence-corrected chi connectivity index (χ3v) is 2.45. The Morgan fingerprint density at radius 3 is 2.75 bits per heavy atom. The number of hydrogen-bond acceptors (Lipinski definition) is 0. The van der Waals surface area contributed by atoms with Crippen molar-refractivity contribution in [2.24, 2.45) is 7.05 Å². The van der Waals surface area contributed by atoms with Gasteiger partial charge in [0.05, 0.1) is 10.5 Å². The Bertz CT molecular complexity index is 431. The lowest BCUT2D eigenvalue weighted by Gasteiger charge is -1.98. The van der Waals surface area contributed by atoms with E-state index in [2.05, 4.69) is 0 Å². The van der Waals surface area contributed by atoms with E-state index in [0.717, 1.165) is 10.9 Å². The summed E-state index contributed by atoms with van der Waals surface area (Å²) in [6, 6.07) is 5.64. The van der Waals surface area contributed by atoms with E-state index in [0.29, 0.717) is 10.0 Å². The largest absolute Gasteiger partial charge is 0.350 e. The van der Waals surface area contributed by atoms with Crippen LogP contribution in [0.25, 0.3) is 10.9 Å². The molecule has 0 aliphatic rings. The number of nitrogens with zero attached hydrogens (tertiary/aromatic N) is 1. The summed E-state index contributed by atoms with van der Waals surface area (Å²) in [7, 11) is 1.97. The van der Waals surface area contributed by atoms with Gasteiger partial charge in [0.1, 0.15) is 0 Å². The fourth-order valence-electron chi connectivity index (χ4n) is 1.29. The van der Waals surface area contributed by atoms with Gasteiger partial charge in [0.25, 0.3) is 0 Å². The quantitative estimate of drug-likeness (QED) is 0.613. The lowest BCUT2D eigenvalue weighted by atomic mass is 10.2. The summed E-state index contributed by atoms with van der Waals surface area (Å²) in [5.74, 6) is 0. The Kier molecular flexibility index (Phi) is 1.78. The number of aryl methyl sites for hydroxylation is 1. The Balaban J connectivity index is 2.92. The van der Waals surface area contributed by atoms with Crippen LogP contribution in [0.4, 0.5) is 0 Å². The van der Waals surface area contributed by atoms with E-state index < -0.39 is 0 Å². The fourth-order valence-corrected chi connectivity index (χ4v) is 1.84. The summed E-state index contributed by atoms with van der Waals surface area (Å²) in [5.41, 5.74) is 1.06. The van der Waals surface area contributed by atoms with Gasteiger partial charge < -0.3 is 4.57 Å². The van der Waals surface area contributed by atoms with Crippen molar-refractivity contribution in [3.8, 4) is 0 Å². The second-order valence-electron chi connectivity index (χ2n) is 2.75. The number of halogens is 2. The van der Waals surface area contributed by atoms with Crippen LogP contribution in [0.5, 0.6) is 0 Å². The van der Waals surface area contributed by atoms with Crippen molar-refractivity contribution in [1.29, 1.82) is 0 Å². The zero-order valence-corrected chi connectivity index (χ0v) is 8.02. The van der Waals surface area contributed by atoms with Gasteiger partial charge in [-0.25, -0.2) is 0 Å². The molecule has 0 amide bonds. The van der Waals surface area contributed by atoms with Crippen molar-refractivity contribution in [2.75, 3.05) is 0 Å². The molecule has 2 rings (SSSR count). The molecule has 0 spiro atoms. The molecule has 1 aromatic carbocycles. The van der Waals surface area contributed by atoms with Crippen molar-refractivity contribution in [2.45, 2.75) is 0 Å². The highest BCUT2D eigenvalue weighted by Crippen LogP contribution is 2.27. The van der Waals surface area contributed by atoms with Gasteiger partial charge in [-0.2, -0.15) is 0 Å². The molecule has 0 unspecified atom stereocenters. The van der Waals surface area contributed by atoms with Gasteiger partial charge in [0, 0.05) is 23.7 Å². The molecule has 0 saturated heterocycles. The SMILES string of the molecule is Cn1ccc2c(Cl)cc(Cl)cc21. The highest BCUT2D eigenvalue weighted by molar-refractivity contribution is 6.38. The first-order valence-electron chi connectivity index (χ1n) is 3.58. The van der Waals surface area contributed by atoms with Crippen LogP contribution in [0, 0.1) is 0 Å². The number of hydrogen-bond donors (Lipinski definition) is 0. The van der Waals surface area contributed by atoms with Gasteiger partial charge >= 0.3 is 0 Å². The van der Waals surface area contributed by atoms with E-state index in [4.69, 9.17) is 23.2 Å². The van der Waals surface area contributed by atoms with Gasteiger partial charge in [-0.15, -0.1) is 0 Å². The minimum Gasteiger partial charge on any atom is -0.350 e. The number of aromatic nitrogens is 1. The topological polar surface area (TPSA) is 4.93 Å². The molecule has 62 valence electrons. The first-order chi connectivity index (χ1) is 5.68. The minimum absolute atomic E-state index is 0.675. The number of benzene rings is 1.